The van der Waals surface area contributed by atoms with Crippen molar-refractivity contribution in [3.05, 3.63) is 96.6 Å². The first-order valence-electron chi connectivity index (χ1n) is 10.9. The molecule has 5 rings (SSSR count). The second-order valence-electron chi connectivity index (χ2n) is 7.54. The standard InChI is InChI=1S/C26H22N4O5/c1-32-21-11-9-18(10-12-21)13-16-35-26-28-24(22-7-3-14-33-22)30(29-26)20-6-2-5-19(17-20)27-25(31)23-8-4-15-34-23/h2-12,14-15,17H,13,16H2,1H3,(H,27,31). The maximum Gasteiger partial charge on any atom is 0.336 e. The monoisotopic (exact) mass is 470 g/mol. The van der Waals surface area contributed by atoms with Gasteiger partial charge in [-0.15, -0.1) is 5.10 Å². The molecule has 3 heterocycles. The van der Waals surface area contributed by atoms with E-state index < -0.39 is 0 Å². The van der Waals surface area contributed by atoms with Crippen LogP contribution in [0.5, 0.6) is 11.8 Å². The Morgan fingerprint density at radius 3 is 2.57 bits per heavy atom. The molecule has 35 heavy (non-hydrogen) atoms. The predicted molar refractivity (Wildman–Crippen MR) is 128 cm³/mol. The number of furan rings is 2. The van der Waals surface area contributed by atoms with E-state index in [2.05, 4.69) is 15.4 Å². The second-order valence-corrected chi connectivity index (χ2v) is 7.54. The van der Waals surface area contributed by atoms with Gasteiger partial charge in [-0.25, -0.2) is 4.68 Å². The van der Waals surface area contributed by atoms with E-state index in [1.807, 2.05) is 36.4 Å². The van der Waals surface area contributed by atoms with E-state index >= 15 is 0 Å². The summed E-state index contributed by atoms with van der Waals surface area (Å²) >= 11 is 0. The Morgan fingerprint density at radius 1 is 1.00 bits per heavy atom. The van der Waals surface area contributed by atoms with Gasteiger partial charge in [0.25, 0.3) is 5.91 Å². The first kappa shape index (κ1) is 22.0. The highest BCUT2D eigenvalue weighted by Crippen LogP contribution is 2.25. The van der Waals surface area contributed by atoms with Crippen molar-refractivity contribution in [1.29, 1.82) is 0 Å². The molecular formula is C26H22N4O5. The third-order valence-corrected chi connectivity index (χ3v) is 5.20. The first-order valence-corrected chi connectivity index (χ1v) is 10.9. The number of rotatable bonds is 9. The average Bonchev–Trinajstić information content (AvgIpc) is 3.67. The summed E-state index contributed by atoms with van der Waals surface area (Å²) in [5.74, 6) is 1.69. The van der Waals surface area contributed by atoms with Gasteiger partial charge in [0.05, 0.1) is 31.9 Å². The molecule has 176 valence electrons. The molecule has 0 saturated heterocycles. The Kier molecular flexibility index (Phi) is 6.29. The number of carbonyl (C=O) groups excluding carboxylic acids is 1. The fourth-order valence-electron chi connectivity index (χ4n) is 3.47. The number of nitrogens with one attached hydrogen (secondary N) is 1. The zero-order chi connectivity index (χ0) is 24.0. The zero-order valence-electron chi connectivity index (χ0n) is 18.9. The number of ether oxygens (including phenoxy) is 2. The molecule has 0 aliphatic heterocycles. The number of methoxy groups -OCH3 is 1. The molecule has 9 nitrogen and oxygen atoms in total. The number of hydrogen-bond acceptors (Lipinski definition) is 7. The maximum atomic E-state index is 12.4. The Bertz CT molecular complexity index is 1390. The van der Waals surface area contributed by atoms with E-state index in [1.165, 1.54) is 6.26 Å². The second kappa shape index (κ2) is 10.0. The Balaban J connectivity index is 1.35. The molecule has 0 saturated carbocycles. The summed E-state index contributed by atoms with van der Waals surface area (Å²) < 4.78 is 23.4. The smallest absolute Gasteiger partial charge is 0.336 e. The Hall–Kier alpha value is -4.79. The van der Waals surface area contributed by atoms with Gasteiger partial charge >= 0.3 is 6.01 Å². The lowest BCUT2D eigenvalue weighted by atomic mass is 10.1. The van der Waals surface area contributed by atoms with Crippen molar-refractivity contribution >= 4 is 11.6 Å². The van der Waals surface area contributed by atoms with E-state index in [0.717, 1.165) is 11.3 Å². The van der Waals surface area contributed by atoms with Crippen LogP contribution >= 0.6 is 0 Å². The summed E-state index contributed by atoms with van der Waals surface area (Å²) in [6.45, 7) is 0.396. The average molecular weight is 470 g/mol. The van der Waals surface area contributed by atoms with Crippen molar-refractivity contribution < 1.29 is 23.1 Å². The summed E-state index contributed by atoms with van der Waals surface area (Å²) in [4.78, 5) is 16.9. The molecule has 9 heteroatoms. The van der Waals surface area contributed by atoms with E-state index in [4.69, 9.17) is 18.3 Å². The van der Waals surface area contributed by atoms with Crippen LogP contribution in [0.1, 0.15) is 16.1 Å². The third kappa shape index (κ3) is 5.09. The van der Waals surface area contributed by atoms with Crippen LogP contribution in [0.15, 0.2) is 94.2 Å². The molecule has 1 amide bonds. The molecule has 2 aromatic carbocycles. The molecule has 0 unspecified atom stereocenters. The molecule has 0 radical (unpaired) electrons. The molecular weight excluding hydrogens is 448 g/mol. The van der Waals surface area contributed by atoms with Gasteiger partial charge in [-0.1, -0.05) is 18.2 Å². The van der Waals surface area contributed by atoms with Gasteiger partial charge in [-0.2, -0.15) is 4.98 Å². The lowest BCUT2D eigenvalue weighted by Gasteiger charge is -2.08. The van der Waals surface area contributed by atoms with E-state index in [0.29, 0.717) is 36.0 Å². The van der Waals surface area contributed by atoms with Crippen molar-refractivity contribution in [2.24, 2.45) is 0 Å². The lowest BCUT2D eigenvalue weighted by Crippen LogP contribution is -2.11. The molecule has 0 atom stereocenters. The van der Waals surface area contributed by atoms with Crippen LogP contribution in [-0.2, 0) is 6.42 Å². The summed E-state index contributed by atoms with van der Waals surface area (Å²) in [6.07, 6.45) is 3.70. The maximum absolute atomic E-state index is 12.4. The first-order chi connectivity index (χ1) is 17.2. The van der Waals surface area contributed by atoms with E-state index in [-0.39, 0.29) is 17.7 Å². The van der Waals surface area contributed by atoms with Gasteiger partial charge in [0.1, 0.15) is 5.75 Å². The molecule has 3 aromatic heterocycles. The van der Waals surface area contributed by atoms with Gasteiger partial charge < -0.3 is 23.6 Å². The van der Waals surface area contributed by atoms with E-state index in [9.17, 15) is 4.79 Å². The van der Waals surface area contributed by atoms with Crippen molar-refractivity contribution in [1.82, 2.24) is 14.8 Å². The minimum absolute atomic E-state index is 0.218. The topological polar surface area (TPSA) is 105 Å². The predicted octanol–water partition coefficient (Wildman–Crippen LogP) is 5.00. The van der Waals surface area contributed by atoms with Gasteiger partial charge in [0.15, 0.2) is 11.5 Å². The van der Waals surface area contributed by atoms with Crippen LogP contribution in [0, 0.1) is 0 Å². The number of carbonyl (C=O) groups is 1. The summed E-state index contributed by atoms with van der Waals surface area (Å²) in [5.41, 5.74) is 2.36. The van der Waals surface area contributed by atoms with Crippen molar-refractivity contribution in [3.63, 3.8) is 0 Å². The van der Waals surface area contributed by atoms with Crippen LogP contribution in [-0.4, -0.2) is 34.4 Å². The SMILES string of the molecule is COc1ccc(CCOc2nc(-c3ccco3)n(-c3cccc(NC(=O)c4ccco4)c3)n2)cc1. The number of anilines is 1. The molecule has 0 bridgehead atoms. The number of nitrogens with zero attached hydrogens (tertiary/aromatic N) is 3. The normalized spacial score (nSPS) is 10.8. The van der Waals surface area contributed by atoms with Crippen LogP contribution in [0.4, 0.5) is 5.69 Å². The summed E-state index contributed by atoms with van der Waals surface area (Å²) in [7, 11) is 1.64. The molecule has 0 aliphatic rings. The number of amides is 1. The number of aromatic nitrogens is 3. The minimum Gasteiger partial charge on any atom is -0.497 e. The molecule has 1 N–H and O–H groups in total. The summed E-state index contributed by atoms with van der Waals surface area (Å²) in [5, 5.41) is 7.36. The minimum atomic E-state index is -0.348. The number of benzene rings is 2. The molecule has 0 aliphatic carbocycles. The molecule has 5 aromatic rings. The van der Waals surface area contributed by atoms with Gasteiger partial charge in [-0.3, -0.25) is 4.79 Å². The van der Waals surface area contributed by atoms with Crippen LogP contribution < -0.4 is 14.8 Å². The van der Waals surface area contributed by atoms with Gasteiger partial charge in [0, 0.05) is 12.1 Å². The van der Waals surface area contributed by atoms with Crippen molar-refractivity contribution in [3.8, 4) is 29.0 Å². The summed E-state index contributed by atoms with van der Waals surface area (Å²) in [6, 6.07) is 22.1. The highest BCUT2D eigenvalue weighted by atomic mass is 16.5. The van der Waals surface area contributed by atoms with Crippen molar-refractivity contribution in [2.45, 2.75) is 6.42 Å². The van der Waals surface area contributed by atoms with Crippen molar-refractivity contribution in [2.75, 3.05) is 19.0 Å². The largest absolute Gasteiger partial charge is 0.497 e. The fraction of sp³-hybridized carbons (Fsp3) is 0.115. The third-order valence-electron chi connectivity index (χ3n) is 5.20. The number of hydrogen-bond donors (Lipinski definition) is 1. The van der Waals surface area contributed by atoms with Crippen LogP contribution in [0.3, 0.4) is 0 Å². The van der Waals surface area contributed by atoms with Gasteiger partial charge in [-0.05, 0) is 60.2 Å². The zero-order valence-corrected chi connectivity index (χ0v) is 18.9. The van der Waals surface area contributed by atoms with E-state index in [1.54, 1.807) is 54.5 Å². The fourth-order valence-corrected chi connectivity index (χ4v) is 3.47. The molecule has 0 fully saturated rings. The van der Waals surface area contributed by atoms with Crippen LogP contribution in [0.2, 0.25) is 0 Å². The van der Waals surface area contributed by atoms with Gasteiger partial charge in [0.2, 0.25) is 5.82 Å². The lowest BCUT2D eigenvalue weighted by molar-refractivity contribution is 0.0996. The molecule has 0 spiro atoms. The highest BCUT2D eigenvalue weighted by molar-refractivity contribution is 6.02. The quantitative estimate of drug-likeness (QED) is 0.323. The Morgan fingerprint density at radius 2 is 1.83 bits per heavy atom. The highest BCUT2D eigenvalue weighted by Gasteiger charge is 2.18. The van der Waals surface area contributed by atoms with Crippen LogP contribution in [0.25, 0.3) is 17.3 Å². The Labute approximate surface area is 200 Å².